The molecular weight excluding hydrogens is 422 g/mol. The molecule has 3 aliphatic rings. The van der Waals surface area contributed by atoms with Gasteiger partial charge in [-0.25, -0.2) is 0 Å². The van der Waals surface area contributed by atoms with E-state index in [-0.39, 0.29) is 18.0 Å². The maximum Gasteiger partial charge on any atom is 0.234 e. The first kappa shape index (κ1) is 21.8. The first-order valence-electron chi connectivity index (χ1n) is 11.7. The summed E-state index contributed by atoms with van der Waals surface area (Å²) >= 11 is 1.82. The number of anilines is 1. The smallest absolute Gasteiger partial charge is 0.234 e. The zero-order valence-electron chi connectivity index (χ0n) is 18.9. The fourth-order valence-electron chi connectivity index (χ4n) is 4.89. The van der Waals surface area contributed by atoms with Crippen LogP contribution in [0.25, 0.3) is 10.9 Å². The number of amides is 1. The summed E-state index contributed by atoms with van der Waals surface area (Å²) in [5, 5.41) is 8.91. The average Bonchev–Trinajstić information content (AvgIpc) is 3.45. The highest BCUT2D eigenvalue weighted by Crippen LogP contribution is 2.32. The number of nitrogens with one attached hydrogen (secondary N) is 3. The number of ether oxygens (including phenoxy) is 1. The molecule has 2 fully saturated rings. The summed E-state index contributed by atoms with van der Waals surface area (Å²) in [4.78, 5) is 22.8. The van der Waals surface area contributed by atoms with Crippen LogP contribution < -0.4 is 10.6 Å². The first-order valence-corrected chi connectivity index (χ1v) is 12.7. The second kappa shape index (κ2) is 9.45. The Labute approximate surface area is 193 Å². The average molecular weight is 456 g/mol. The van der Waals surface area contributed by atoms with Crippen LogP contribution in [-0.2, 0) is 9.53 Å². The molecule has 8 heteroatoms. The number of aliphatic imine (C=N–C) groups is 1. The summed E-state index contributed by atoms with van der Waals surface area (Å²) < 4.78 is 5.50. The highest BCUT2D eigenvalue weighted by atomic mass is 32.2. The molecule has 3 aliphatic heterocycles. The van der Waals surface area contributed by atoms with Crippen molar-refractivity contribution in [1.82, 2.24) is 15.2 Å². The summed E-state index contributed by atoms with van der Waals surface area (Å²) in [6.45, 7) is 9.18. The number of aromatic nitrogens is 1. The largest absolute Gasteiger partial charge is 0.383 e. The van der Waals surface area contributed by atoms with Crippen molar-refractivity contribution in [3.05, 3.63) is 29.5 Å². The lowest BCUT2D eigenvalue weighted by Gasteiger charge is -2.33. The van der Waals surface area contributed by atoms with Crippen LogP contribution in [0.4, 0.5) is 5.69 Å². The Kier molecular flexibility index (Phi) is 6.44. The number of aryl methyl sites for hydroxylation is 1. The first-order chi connectivity index (χ1) is 15.6. The van der Waals surface area contributed by atoms with Crippen molar-refractivity contribution in [3.8, 4) is 0 Å². The van der Waals surface area contributed by atoms with Crippen LogP contribution in [0.5, 0.6) is 0 Å². The van der Waals surface area contributed by atoms with Crippen LogP contribution in [0.3, 0.4) is 0 Å². The minimum atomic E-state index is 0.115. The molecule has 1 amide bonds. The fraction of sp³-hybridized carbons (Fsp3) is 0.583. The van der Waals surface area contributed by atoms with Crippen LogP contribution in [0, 0.1) is 12.8 Å². The minimum absolute atomic E-state index is 0.115. The number of H-pyrrole nitrogens is 1. The van der Waals surface area contributed by atoms with Gasteiger partial charge < -0.3 is 20.4 Å². The third-order valence-electron chi connectivity index (χ3n) is 6.90. The molecular formula is C24H33N5O2S. The van der Waals surface area contributed by atoms with Crippen molar-refractivity contribution in [2.24, 2.45) is 10.9 Å². The van der Waals surface area contributed by atoms with Gasteiger partial charge in [-0.2, -0.15) is 0 Å². The molecule has 2 saturated heterocycles. The van der Waals surface area contributed by atoms with Crippen molar-refractivity contribution in [2.45, 2.75) is 38.8 Å². The second-order valence-corrected chi connectivity index (χ2v) is 10.3. The summed E-state index contributed by atoms with van der Waals surface area (Å²) in [5.41, 5.74) is 4.68. The highest BCUT2D eigenvalue weighted by Gasteiger charge is 2.31. The van der Waals surface area contributed by atoms with Gasteiger partial charge in [0.1, 0.15) is 5.04 Å². The number of piperazine rings is 1. The second-order valence-electron chi connectivity index (χ2n) is 9.27. The van der Waals surface area contributed by atoms with E-state index >= 15 is 0 Å². The highest BCUT2D eigenvalue weighted by molar-refractivity contribution is 8.14. The van der Waals surface area contributed by atoms with Crippen LogP contribution in [0.1, 0.15) is 31.0 Å². The number of benzene rings is 1. The maximum absolute atomic E-state index is 11.8. The minimum Gasteiger partial charge on any atom is -0.383 e. The molecule has 2 aromatic rings. The van der Waals surface area contributed by atoms with Crippen LogP contribution in [-0.4, -0.2) is 78.1 Å². The standard InChI is InChI=1S/C24H33N5O2S/c1-15-9-18-11-20(27-23(18)19(10-15)26-12-17-3-7-31-8-4-17)24-28-21(14-32-24)16(2)29-6-5-25-22(30)13-29/h9-11,16-17,21,26-27H,3-8,12-14H2,1-2H3,(H,25,30). The van der Waals surface area contributed by atoms with Crippen molar-refractivity contribution in [3.63, 3.8) is 0 Å². The Bertz CT molecular complexity index is 1010. The summed E-state index contributed by atoms with van der Waals surface area (Å²) in [7, 11) is 0. The van der Waals surface area contributed by atoms with Crippen molar-refractivity contribution < 1.29 is 9.53 Å². The van der Waals surface area contributed by atoms with Gasteiger partial charge in [0.2, 0.25) is 5.91 Å². The maximum atomic E-state index is 11.8. The van der Waals surface area contributed by atoms with E-state index in [1.54, 1.807) is 0 Å². The van der Waals surface area contributed by atoms with Gasteiger partial charge in [-0.15, -0.1) is 11.8 Å². The third kappa shape index (κ3) is 4.67. The Morgan fingerprint density at radius 1 is 1.31 bits per heavy atom. The summed E-state index contributed by atoms with van der Waals surface area (Å²) in [6.07, 6.45) is 2.26. The summed E-state index contributed by atoms with van der Waals surface area (Å²) in [5.74, 6) is 1.74. The van der Waals surface area contributed by atoms with Crippen molar-refractivity contribution >= 4 is 39.3 Å². The molecule has 0 spiro atoms. The molecule has 0 bridgehead atoms. The molecule has 32 heavy (non-hydrogen) atoms. The predicted molar refractivity (Wildman–Crippen MR) is 132 cm³/mol. The van der Waals surface area contributed by atoms with E-state index in [2.05, 4.69) is 52.6 Å². The van der Waals surface area contributed by atoms with Gasteiger partial charge >= 0.3 is 0 Å². The van der Waals surface area contributed by atoms with E-state index in [1.807, 2.05) is 11.8 Å². The van der Waals surface area contributed by atoms with Gasteiger partial charge in [-0.1, -0.05) is 0 Å². The number of carbonyl (C=O) groups excluding carboxylic acids is 1. The van der Waals surface area contributed by atoms with E-state index in [9.17, 15) is 4.79 Å². The lowest BCUT2D eigenvalue weighted by molar-refractivity contribution is -0.124. The van der Waals surface area contributed by atoms with Crippen molar-refractivity contribution in [2.75, 3.05) is 50.5 Å². The molecule has 1 aromatic heterocycles. The van der Waals surface area contributed by atoms with E-state index < -0.39 is 0 Å². The van der Waals surface area contributed by atoms with E-state index in [4.69, 9.17) is 9.73 Å². The topological polar surface area (TPSA) is 81.8 Å². The Morgan fingerprint density at radius 2 is 2.16 bits per heavy atom. The number of rotatable bonds is 6. The molecule has 172 valence electrons. The Hall–Kier alpha value is -2.03. The van der Waals surface area contributed by atoms with Gasteiger partial charge in [0.05, 0.1) is 29.5 Å². The molecule has 3 N–H and O–H groups in total. The molecule has 2 atom stereocenters. The number of nitrogens with zero attached hydrogens (tertiary/aromatic N) is 2. The van der Waals surface area contributed by atoms with E-state index in [0.717, 1.165) is 67.7 Å². The number of hydrogen-bond donors (Lipinski definition) is 3. The number of fused-ring (bicyclic) bond motifs is 1. The van der Waals surface area contributed by atoms with Gasteiger partial charge in [0.25, 0.3) is 0 Å². The molecule has 7 nitrogen and oxygen atoms in total. The molecule has 0 aliphatic carbocycles. The number of hydrogen-bond acceptors (Lipinski definition) is 6. The number of carbonyl (C=O) groups is 1. The molecule has 5 rings (SSSR count). The molecule has 1 aromatic carbocycles. The normalized spacial score (nSPS) is 23.9. The summed E-state index contributed by atoms with van der Waals surface area (Å²) in [6, 6.07) is 7.17. The molecule has 0 saturated carbocycles. The monoisotopic (exact) mass is 455 g/mol. The SMILES string of the molecule is Cc1cc(NCC2CCOCC2)c2[nH]c(C3=NC(C(C)N4CCNC(=O)C4)CS3)cc2c1. The third-order valence-corrected chi connectivity index (χ3v) is 8.01. The fourth-order valence-corrected chi connectivity index (χ4v) is 6.04. The van der Waals surface area contributed by atoms with Crippen LogP contribution in [0.2, 0.25) is 0 Å². The Balaban J connectivity index is 1.33. The molecule has 4 heterocycles. The zero-order chi connectivity index (χ0) is 22.1. The van der Waals surface area contributed by atoms with Gasteiger partial charge in [-0.3, -0.25) is 14.7 Å². The zero-order valence-corrected chi connectivity index (χ0v) is 19.8. The van der Waals surface area contributed by atoms with Crippen LogP contribution in [0.15, 0.2) is 23.2 Å². The van der Waals surface area contributed by atoms with Crippen LogP contribution >= 0.6 is 11.8 Å². The predicted octanol–water partition coefficient (Wildman–Crippen LogP) is 3.00. The lowest BCUT2D eigenvalue weighted by Crippen LogP contribution is -2.53. The molecule has 0 radical (unpaired) electrons. The van der Waals surface area contributed by atoms with Gasteiger partial charge in [-0.05, 0) is 56.4 Å². The Morgan fingerprint density at radius 3 is 2.97 bits per heavy atom. The number of aromatic amines is 1. The van der Waals surface area contributed by atoms with Gasteiger partial charge in [0, 0.05) is 50.0 Å². The molecule has 2 unspecified atom stereocenters. The van der Waals surface area contributed by atoms with E-state index in [1.165, 1.54) is 16.6 Å². The number of thioether (sulfide) groups is 1. The van der Waals surface area contributed by atoms with Crippen molar-refractivity contribution in [1.29, 1.82) is 0 Å². The van der Waals surface area contributed by atoms with E-state index in [0.29, 0.717) is 12.5 Å². The van der Waals surface area contributed by atoms with Gasteiger partial charge in [0.15, 0.2) is 0 Å². The quantitative estimate of drug-likeness (QED) is 0.624. The lowest BCUT2D eigenvalue weighted by atomic mass is 10.0.